The van der Waals surface area contributed by atoms with Gasteiger partial charge < -0.3 is 14.2 Å². The van der Waals surface area contributed by atoms with Crippen LogP contribution in [0.1, 0.15) is 342 Å². The van der Waals surface area contributed by atoms with Crippen molar-refractivity contribution in [2.75, 3.05) is 13.2 Å². The van der Waals surface area contributed by atoms with E-state index >= 15 is 0 Å². The molecule has 0 N–H and O–H groups in total. The highest BCUT2D eigenvalue weighted by Gasteiger charge is 2.19. The molecule has 0 aliphatic rings. The number of ether oxygens (including phenoxy) is 3. The molecule has 1 unspecified atom stereocenters. The second-order valence-corrected chi connectivity index (χ2v) is 21.3. The number of esters is 3. The smallest absolute Gasteiger partial charge is 0.306 e. The van der Waals surface area contributed by atoms with E-state index in [2.05, 4.69) is 57.2 Å². The van der Waals surface area contributed by atoms with Gasteiger partial charge in [0.2, 0.25) is 0 Å². The number of hydrogen-bond donors (Lipinski definition) is 0. The van der Waals surface area contributed by atoms with Gasteiger partial charge in [0.15, 0.2) is 6.10 Å². The van der Waals surface area contributed by atoms with E-state index < -0.39 is 6.10 Å². The van der Waals surface area contributed by atoms with Crippen molar-refractivity contribution in [3.8, 4) is 0 Å². The van der Waals surface area contributed by atoms with Gasteiger partial charge in [0.25, 0.3) is 0 Å². The average Bonchev–Trinajstić information content (AvgIpc) is 3.37. The first-order valence-corrected chi connectivity index (χ1v) is 31.5. The Morgan fingerprint density at radius 1 is 0.282 bits per heavy atom. The van der Waals surface area contributed by atoms with Crippen LogP contribution in [-0.2, 0) is 28.6 Å². The van der Waals surface area contributed by atoms with Crippen LogP contribution in [-0.4, -0.2) is 37.2 Å². The molecule has 1 atom stereocenters. The summed E-state index contributed by atoms with van der Waals surface area (Å²) in [5, 5.41) is 0. The predicted molar refractivity (Wildman–Crippen MR) is 307 cm³/mol. The van der Waals surface area contributed by atoms with Crippen LogP contribution < -0.4 is 0 Å². The molecule has 0 fully saturated rings. The molecule has 0 saturated carbocycles. The summed E-state index contributed by atoms with van der Waals surface area (Å²) in [5.41, 5.74) is 0. The van der Waals surface area contributed by atoms with E-state index in [1.807, 2.05) is 0 Å². The minimum Gasteiger partial charge on any atom is -0.462 e. The Bertz CT molecular complexity index is 1190. The van der Waals surface area contributed by atoms with Gasteiger partial charge in [0.1, 0.15) is 13.2 Å². The zero-order chi connectivity index (χ0) is 51.4. The molecule has 0 spiro atoms. The van der Waals surface area contributed by atoms with Crippen LogP contribution in [0, 0.1) is 0 Å². The number of hydrogen-bond acceptors (Lipinski definition) is 6. The molecular formula is C65H120O6. The molecule has 416 valence electrons. The molecule has 0 amide bonds. The van der Waals surface area contributed by atoms with Crippen molar-refractivity contribution in [2.45, 2.75) is 348 Å². The first-order valence-electron chi connectivity index (χ1n) is 31.5. The van der Waals surface area contributed by atoms with Crippen molar-refractivity contribution in [1.82, 2.24) is 0 Å². The van der Waals surface area contributed by atoms with E-state index in [0.29, 0.717) is 19.3 Å². The van der Waals surface area contributed by atoms with Crippen LogP contribution >= 0.6 is 0 Å². The van der Waals surface area contributed by atoms with Gasteiger partial charge in [0.05, 0.1) is 0 Å². The van der Waals surface area contributed by atoms with Crippen LogP contribution in [0.15, 0.2) is 36.5 Å². The van der Waals surface area contributed by atoms with Crippen LogP contribution in [0.25, 0.3) is 0 Å². The van der Waals surface area contributed by atoms with Crippen molar-refractivity contribution in [3.05, 3.63) is 36.5 Å². The minimum atomic E-state index is -0.781. The molecule has 0 saturated heterocycles. The molecule has 0 radical (unpaired) electrons. The standard InChI is InChI=1S/C65H120O6/c1-4-7-10-13-16-19-22-25-28-30-31-32-33-34-35-36-38-40-43-46-49-52-55-58-64(67)70-61-62(60-69-63(66)57-54-51-48-45-42-39-27-24-21-18-15-12-9-6-3)71-65(68)59-56-53-50-47-44-41-37-29-26-23-20-17-14-11-8-5-2/h20,23-24,27,29,37,62H,4-19,21-22,25-26,28,30-36,38-61H2,1-3H3/b23-20-,27-24-,37-29-. The summed E-state index contributed by atoms with van der Waals surface area (Å²) in [6.07, 6.45) is 72.9. The van der Waals surface area contributed by atoms with Crippen LogP contribution in [0.4, 0.5) is 0 Å². The number of rotatable bonds is 58. The Labute approximate surface area is 442 Å². The normalized spacial score (nSPS) is 12.2. The maximum Gasteiger partial charge on any atom is 0.306 e. The van der Waals surface area contributed by atoms with Crippen LogP contribution in [0.2, 0.25) is 0 Å². The second kappa shape index (κ2) is 60.2. The third-order valence-corrected chi connectivity index (χ3v) is 14.1. The van der Waals surface area contributed by atoms with Gasteiger partial charge in [0, 0.05) is 19.3 Å². The maximum absolute atomic E-state index is 12.9. The van der Waals surface area contributed by atoms with Crippen LogP contribution in [0.3, 0.4) is 0 Å². The van der Waals surface area contributed by atoms with E-state index in [9.17, 15) is 14.4 Å². The Balaban J connectivity index is 4.29. The Hall–Kier alpha value is -2.37. The summed E-state index contributed by atoms with van der Waals surface area (Å²) in [7, 11) is 0. The van der Waals surface area contributed by atoms with Crippen molar-refractivity contribution in [3.63, 3.8) is 0 Å². The van der Waals surface area contributed by atoms with E-state index in [1.54, 1.807) is 0 Å². The Morgan fingerprint density at radius 2 is 0.507 bits per heavy atom. The summed E-state index contributed by atoms with van der Waals surface area (Å²) in [5.74, 6) is -0.878. The zero-order valence-electron chi connectivity index (χ0n) is 47.8. The first-order chi connectivity index (χ1) is 35.0. The third kappa shape index (κ3) is 58.4. The summed E-state index contributed by atoms with van der Waals surface area (Å²) < 4.78 is 16.9. The topological polar surface area (TPSA) is 78.9 Å². The van der Waals surface area contributed by atoms with Gasteiger partial charge in [-0.1, -0.05) is 282 Å². The summed E-state index contributed by atoms with van der Waals surface area (Å²) in [6.45, 7) is 6.65. The zero-order valence-corrected chi connectivity index (χ0v) is 47.8. The number of carbonyl (C=O) groups is 3. The molecule has 0 heterocycles. The highest BCUT2D eigenvalue weighted by molar-refractivity contribution is 5.71. The van der Waals surface area contributed by atoms with E-state index in [4.69, 9.17) is 14.2 Å². The molecule has 0 aliphatic heterocycles. The molecule has 6 nitrogen and oxygen atoms in total. The number of unbranched alkanes of at least 4 members (excludes halogenated alkanes) is 41. The third-order valence-electron chi connectivity index (χ3n) is 14.1. The molecule has 0 rings (SSSR count). The fourth-order valence-corrected chi connectivity index (χ4v) is 9.35. The Morgan fingerprint density at radius 3 is 0.803 bits per heavy atom. The molecular weight excluding hydrogens is 877 g/mol. The second-order valence-electron chi connectivity index (χ2n) is 21.3. The molecule has 0 aliphatic carbocycles. The average molecular weight is 998 g/mol. The highest BCUT2D eigenvalue weighted by Crippen LogP contribution is 2.17. The summed E-state index contributed by atoms with van der Waals surface area (Å²) >= 11 is 0. The number of carbonyl (C=O) groups excluding carboxylic acids is 3. The molecule has 0 bridgehead atoms. The summed E-state index contributed by atoms with van der Waals surface area (Å²) in [4.78, 5) is 38.2. The predicted octanol–water partition coefficient (Wildman–Crippen LogP) is 21.2. The summed E-state index contributed by atoms with van der Waals surface area (Å²) in [6, 6.07) is 0. The van der Waals surface area contributed by atoms with Crippen molar-refractivity contribution in [1.29, 1.82) is 0 Å². The minimum absolute atomic E-state index is 0.0766. The largest absolute Gasteiger partial charge is 0.462 e. The molecule has 0 aromatic rings. The van der Waals surface area contributed by atoms with E-state index in [0.717, 1.165) is 89.9 Å². The van der Waals surface area contributed by atoms with Gasteiger partial charge in [-0.2, -0.15) is 0 Å². The quantitative estimate of drug-likeness (QED) is 0.0261. The van der Waals surface area contributed by atoms with Gasteiger partial charge in [-0.3, -0.25) is 14.4 Å². The fraction of sp³-hybridized carbons (Fsp3) is 0.862. The van der Waals surface area contributed by atoms with E-state index in [1.165, 1.54) is 212 Å². The monoisotopic (exact) mass is 997 g/mol. The van der Waals surface area contributed by atoms with Gasteiger partial charge in [-0.05, 0) is 77.0 Å². The molecule has 71 heavy (non-hydrogen) atoms. The lowest BCUT2D eigenvalue weighted by atomic mass is 10.0. The van der Waals surface area contributed by atoms with Crippen molar-refractivity contribution in [2.24, 2.45) is 0 Å². The maximum atomic E-state index is 12.9. The highest BCUT2D eigenvalue weighted by atomic mass is 16.6. The van der Waals surface area contributed by atoms with Crippen molar-refractivity contribution < 1.29 is 28.6 Å². The lowest BCUT2D eigenvalue weighted by Gasteiger charge is -2.18. The van der Waals surface area contributed by atoms with Gasteiger partial charge in [-0.25, -0.2) is 0 Å². The van der Waals surface area contributed by atoms with Gasteiger partial charge >= 0.3 is 17.9 Å². The molecule has 6 heteroatoms. The number of allylic oxidation sites excluding steroid dienone is 6. The SMILES string of the molecule is CCCCCC/C=C\C/C=C\CCCCCCCC(=O)OC(COC(=O)CCCCCCC/C=C\CCCCCCC)COC(=O)CCCCCCCCCCCCCCCCCCCCCCCCC. The van der Waals surface area contributed by atoms with Gasteiger partial charge in [-0.15, -0.1) is 0 Å². The van der Waals surface area contributed by atoms with E-state index in [-0.39, 0.29) is 31.1 Å². The lowest BCUT2D eigenvalue weighted by Crippen LogP contribution is -2.30. The van der Waals surface area contributed by atoms with Crippen molar-refractivity contribution >= 4 is 17.9 Å². The molecule has 0 aromatic carbocycles. The van der Waals surface area contributed by atoms with Crippen LogP contribution in [0.5, 0.6) is 0 Å². The lowest BCUT2D eigenvalue weighted by molar-refractivity contribution is -0.167. The fourth-order valence-electron chi connectivity index (χ4n) is 9.35. The first kappa shape index (κ1) is 68.6. The Kier molecular flexibility index (Phi) is 58.2. The molecule has 0 aromatic heterocycles.